The van der Waals surface area contributed by atoms with Gasteiger partial charge in [0.05, 0.1) is 12.1 Å². The quantitative estimate of drug-likeness (QED) is 0.581. The molecular formula is C24H32F2N2O2. The molecule has 0 spiro atoms. The lowest BCUT2D eigenvalue weighted by molar-refractivity contribution is -0.120. The minimum atomic E-state index is -0.919. The summed E-state index contributed by atoms with van der Waals surface area (Å²) < 4.78 is 26.9. The lowest BCUT2D eigenvalue weighted by Gasteiger charge is -2.24. The van der Waals surface area contributed by atoms with Crippen LogP contribution in [0.25, 0.3) is 0 Å². The van der Waals surface area contributed by atoms with Gasteiger partial charge < -0.3 is 15.7 Å². The van der Waals surface area contributed by atoms with Crippen molar-refractivity contribution < 1.29 is 18.7 Å². The van der Waals surface area contributed by atoms with Crippen molar-refractivity contribution in [1.82, 2.24) is 10.6 Å². The van der Waals surface area contributed by atoms with Gasteiger partial charge in [-0.2, -0.15) is 0 Å². The van der Waals surface area contributed by atoms with Gasteiger partial charge in [-0.15, -0.1) is 0 Å². The normalized spacial score (nSPS) is 13.7. The van der Waals surface area contributed by atoms with E-state index in [2.05, 4.69) is 43.5 Å². The third kappa shape index (κ3) is 8.59. The highest BCUT2D eigenvalue weighted by atomic mass is 19.1. The SMILES string of the molecule is CC(=O)N[C@@H](Cc1cc(F)cc(F)c1)[C@@H](O)CNCc1cccc(CC(C)(C)C)c1. The van der Waals surface area contributed by atoms with E-state index in [1.165, 1.54) is 24.6 Å². The Balaban J connectivity index is 1.96. The van der Waals surface area contributed by atoms with E-state index >= 15 is 0 Å². The fraction of sp³-hybridized carbons (Fsp3) is 0.458. The molecule has 6 heteroatoms. The Kier molecular flexibility index (Phi) is 8.50. The Hall–Kier alpha value is -2.31. The molecule has 30 heavy (non-hydrogen) atoms. The summed E-state index contributed by atoms with van der Waals surface area (Å²) in [5.74, 6) is -1.69. The van der Waals surface area contributed by atoms with E-state index in [0.29, 0.717) is 12.1 Å². The molecule has 0 aliphatic carbocycles. The third-order valence-electron chi connectivity index (χ3n) is 4.64. The van der Waals surface area contributed by atoms with Gasteiger partial charge in [0.1, 0.15) is 11.6 Å². The molecule has 0 heterocycles. The van der Waals surface area contributed by atoms with Gasteiger partial charge in [0.2, 0.25) is 5.91 Å². The number of amides is 1. The maximum atomic E-state index is 13.5. The summed E-state index contributed by atoms with van der Waals surface area (Å²) in [7, 11) is 0. The fourth-order valence-corrected chi connectivity index (χ4v) is 3.50. The van der Waals surface area contributed by atoms with Crippen LogP contribution < -0.4 is 10.6 Å². The Morgan fingerprint density at radius 1 is 1.03 bits per heavy atom. The van der Waals surface area contributed by atoms with E-state index in [0.717, 1.165) is 18.1 Å². The molecule has 4 nitrogen and oxygen atoms in total. The Morgan fingerprint density at radius 3 is 2.27 bits per heavy atom. The zero-order valence-corrected chi connectivity index (χ0v) is 18.1. The average Bonchev–Trinajstić information content (AvgIpc) is 2.58. The maximum absolute atomic E-state index is 13.5. The summed E-state index contributed by atoms with van der Waals surface area (Å²) in [5.41, 5.74) is 2.93. The number of benzene rings is 2. The first-order valence-electron chi connectivity index (χ1n) is 10.2. The van der Waals surface area contributed by atoms with Gasteiger partial charge in [0, 0.05) is 26.1 Å². The van der Waals surface area contributed by atoms with Crippen LogP contribution in [0.3, 0.4) is 0 Å². The first-order chi connectivity index (χ1) is 14.0. The van der Waals surface area contributed by atoms with Crippen LogP contribution in [0, 0.1) is 17.0 Å². The molecule has 0 aliphatic heterocycles. The number of carbonyl (C=O) groups is 1. The van der Waals surface area contributed by atoms with Crippen LogP contribution >= 0.6 is 0 Å². The molecule has 1 amide bonds. The van der Waals surface area contributed by atoms with E-state index < -0.39 is 23.8 Å². The fourth-order valence-electron chi connectivity index (χ4n) is 3.50. The molecule has 2 aromatic rings. The van der Waals surface area contributed by atoms with Crippen LogP contribution in [0.15, 0.2) is 42.5 Å². The highest BCUT2D eigenvalue weighted by Crippen LogP contribution is 2.21. The second kappa shape index (κ2) is 10.6. The van der Waals surface area contributed by atoms with Crippen molar-refractivity contribution in [2.24, 2.45) is 5.41 Å². The van der Waals surface area contributed by atoms with Crippen molar-refractivity contribution in [3.05, 3.63) is 70.8 Å². The van der Waals surface area contributed by atoms with Crippen molar-refractivity contribution in [2.75, 3.05) is 6.54 Å². The van der Waals surface area contributed by atoms with Crippen molar-refractivity contribution in [2.45, 2.75) is 59.2 Å². The molecule has 2 rings (SSSR count). The van der Waals surface area contributed by atoms with Crippen molar-refractivity contribution in [3.8, 4) is 0 Å². The Bertz CT molecular complexity index is 829. The summed E-state index contributed by atoms with van der Waals surface area (Å²) in [6.07, 6.45) is 0.175. The highest BCUT2D eigenvalue weighted by Gasteiger charge is 2.21. The van der Waals surface area contributed by atoms with Gasteiger partial charge in [0.25, 0.3) is 0 Å². The summed E-state index contributed by atoms with van der Waals surface area (Å²) in [6.45, 7) is 8.73. The number of aliphatic hydroxyl groups is 1. The number of hydrogen-bond acceptors (Lipinski definition) is 3. The maximum Gasteiger partial charge on any atom is 0.217 e. The number of nitrogens with one attached hydrogen (secondary N) is 2. The van der Waals surface area contributed by atoms with E-state index in [-0.39, 0.29) is 24.3 Å². The summed E-state index contributed by atoms with van der Waals surface area (Å²) in [5, 5.41) is 16.5. The molecule has 164 valence electrons. The third-order valence-corrected chi connectivity index (χ3v) is 4.64. The van der Waals surface area contributed by atoms with E-state index in [1.807, 2.05) is 12.1 Å². The molecule has 0 radical (unpaired) electrons. The predicted molar refractivity (Wildman–Crippen MR) is 115 cm³/mol. The first-order valence-corrected chi connectivity index (χ1v) is 10.2. The summed E-state index contributed by atoms with van der Waals surface area (Å²) in [4.78, 5) is 11.5. The lowest BCUT2D eigenvalue weighted by Crippen LogP contribution is -2.48. The van der Waals surface area contributed by atoms with Crippen molar-refractivity contribution in [3.63, 3.8) is 0 Å². The molecule has 0 saturated carbocycles. The number of rotatable bonds is 9. The molecular weight excluding hydrogens is 386 g/mol. The van der Waals surface area contributed by atoms with Crippen LogP contribution in [-0.4, -0.2) is 29.7 Å². The molecule has 0 saturated heterocycles. The molecule has 2 atom stereocenters. The first kappa shape index (κ1) is 24.0. The number of hydrogen-bond donors (Lipinski definition) is 3. The van der Waals surface area contributed by atoms with Crippen LogP contribution in [0.2, 0.25) is 0 Å². The van der Waals surface area contributed by atoms with Gasteiger partial charge in [-0.3, -0.25) is 4.79 Å². The second-order valence-corrected chi connectivity index (χ2v) is 9.04. The summed E-state index contributed by atoms with van der Waals surface area (Å²) in [6, 6.07) is 10.8. The smallest absolute Gasteiger partial charge is 0.217 e. The molecule has 0 unspecified atom stereocenters. The molecule has 0 fully saturated rings. The second-order valence-electron chi connectivity index (χ2n) is 9.04. The zero-order chi connectivity index (χ0) is 22.3. The lowest BCUT2D eigenvalue weighted by atomic mass is 9.88. The molecule has 2 aromatic carbocycles. The molecule has 0 aliphatic rings. The summed E-state index contributed by atoms with van der Waals surface area (Å²) >= 11 is 0. The minimum Gasteiger partial charge on any atom is -0.390 e. The number of aliphatic hydroxyl groups excluding tert-OH is 1. The standard InChI is InChI=1S/C24H32F2N2O2/c1-16(29)28-22(11-19-9-20(25)12-21(26)10-19)23(30)15-27-14-18-7-5-6-17(8-18)13-24(2,3)4/h5-10,12,22-23,27,30H,11,13-15H2,1-4H3,(H,28,29)/t22-,23-/m0/s1. The van der Waals surface area contributed by atoms with Gasteiger partial charge in [0.15, 0.2) is 0 Å². The Labute approximate surface area is 177 Å². The van der Waals surface area contributed by atoms with Gasteiger partial charge in [-0.05, 0) is 47.1 Å². The molecule has 0 bridgehead atoms. The zero-order valence-electron chi connectivity index (χ0n) is 18.1. The highest BCUT2D eigenvalue weighted by molar-refractivity contribution is 5.73. The largest absolute Gasteiger partial charge is 0.390 e. The Morgan fingerprint density at radius 2 is 1.67 bits per heavy atom. The minimum absolute atomic E-state index is 0.123. The van der Waals surface area contributed by atoms with Gasteiger partial charge in [-0.1, -0.05) is 45.0 Å². The van der Waals surface area contributed by atoms with Crippen LogP contribution in [0.4, 0.5) is 8.78 Å². The van der Waals surface area contributed by atoms with E-state index in [4.69, 9.17) is 0 Å². The van der Waals surface area contributed by atoms with E-state index in [9.17, 15) is 18.7 Å². The van der Waals surface area contributed by atoms with Gasteiger partial charge >= 0.3 is 0 Å². The monoisotopic (exact) mass is 418 g/mol. The van der Waals surface area contributed by atoms with Crippen LogP contribution in [0.1, 0.15) is 44.4 Å². The van der Waals surface area contributed by atoms with Crippen molar-refractivity contribution in [1.29, 1.82) is 0 Å². The van der Waals surface area contributed by atoms with E-state index in [1.54, 1.807) is 0 Å². The molecule has 3 N–H and O–H groups in total. The van der Waals surface area contributed by atoms with Gasteiger partial charge in [-0.25, -0.2) is 8.78 Å². The average molecular weight is 419 g/mol. The topological polar surface area (TPSA) is 61.4 Å². The number of halogens is 2. The van der Waals surface area contributed by atoms with Crippen LogP contribution in [0.5, 0.6) is 0 Å². The number of carbonyl (C=O) groups excluding carboxylic acids is 1. The molecule has 0 aromatic heterocycles. The van der Waals surface area contributed by atoms with Crippen LogP contribution in [-0.2, 0) is 24.2 Å². The predicted octanol–water partition coefficient (Wildman–Crippen LogP) is 3.75. The van der Waals surface area contributed by atoms with Crippen molar-refractivity contribution >= 4 is 5.91 Å².